The van der Waals surface area contributed by atoms with E-state index in [-0.39, 0.29) is 11.8 Å². The summed E-state index contributed by atoms with van der Waals surface area (Å²) in [5.41, 5.74) is 0.804. The van der Waals surface area contributed by atoms with Crippen molar-refractivity contribution in [2.75, 3.05) is 26.7 Å². The zero-order valence-electron chi connectivity index (χ0n) is 16.2. The Kier molecular flexibility index (Phi) is 4.82. The summed E-state index contributed by atoms with van der Waals surface area (Å²) in [6.45, 7) is 8.61. The van der Waals surface area contributed by atoms with E-state index in [0.29, 0.717) is 35.8 Å². The number of methoxy groups -OCH3 is 1. The van der Waals surface area contributed by atoms with Crippen LogP contribution < -0.4 is 4.74 Å². The zero-order chi connectivity index (χ0) is 19.3. The fourth-order valence-electron chi connectivity index (χ4n) is 3.74. The van der Waals surface area contributed by atoms with Gasteiger partial charge in [0.25, 0.3) is 0 Å². The SMILES string of the molecule is COc1cc(C)c(S(=O)(=O)N2CCN(C(=O)C3CC3)CC2(C)C)cc1C. The molecule has 26 heavy (non-hydrogen) atoms. The summed E-state index contributed by atoms with van der Waals surface area (Å²) in [5, 5.41) is 0. The summed E-state index contributed by atoms with van der Waals surface area (Å²) in [7, 11) is -2.08. The van der Waals surface area contributed by atoms with Crippen molar-refractivity contribution in [2.24, 2.45) is 5.92 Å². The number of sulfonamides is 1. The maximum absolute atomic E-state index is 13.4. The molecule has 6 nitrogen and oxygen atoms in total. The number of amides is 1. The first-order chi connectivity index (χ1) is 12.1. The molecule has 0 bridgehead atoms. The van der Waals surface area contributed by atoms with E-state index < -0.39 is 15.6 Å². The Morgan fingerprint density at radius 1 is 1.15 bits per heavy atom. The Hall–Kier alpha value is -1.60. The average Bonchev–Trinajstić information content (AvgIpc) is 3.39. The van der Waals surface area contributed by atoms with Gasteiger partial charge in [-0.2, -0.15) is 4.31 Å². The van der Waals surface area contributed by atoms with E-state index in [9.17, 15) is 13.2 Å². The smallest absolute Gasteiger partial charge is 0.243 e. The van der Waals surface area contributed by atoms with Gasteiger partial charge in [0.2, 0.25) is 15.9 Å². The summed E-state index contributed by atoms with van der Waals surface area (Å²) >= 11 is 0. The monoisotopic (exact) mass is 380 g/mol. The molecule has 1 saturated carbocycles. The van der Waals surface area contributed by atoms with E-state index in [2.05, 4.69) is 0 Å². The molecule has 3 rings (SSSR count). The molecule has 0 aromatic heterocycles. The van der Waals surface area contributed by atoms with E-state index in [1.165, 1.54) is 0 Å². The number of benzene rings is 1. The molecule has 1 amide bonds. The largest absolute Gasteiger partial charge is 0.496 e. The second-order valence-electron chi connectivity index (χ2n) is 8.01. The fraction of sp³-hybridized carbons (Fsp3) is 0.632. The lowest BCUT2D eigenvalue weighted by Crippen LogP contribution is -2.62. The first kappa shape index (κ1) is 19.2. The Morgan fingerprint density at radius 2 is 1.81 bits per heavy atom. The maximum Gasteiger partial charge on any atom is 0.243 e. The van der Waals surface area contributed by atoms with Crippen LogP contribution in [0.3, 0.4) is 0 Å². The predicted octanol–water partition coefficient (Wildman–Crippen LogP) is 2.33. The van der Waals surface area contributed by atoms with E-state index >= 15 is 0 Å². The molecule has 2 fully saturated rings. The number of ether oxygens (including phenoxy) is 1. The van der Waals surface area contributed by atoms with Gasteiger partial charge in [0, 0.05) is 31.1 Å². The average molecular weight is 381 g/mol. The summed E-state index contributed by atoms with van der Waals surface area (Å²) in [5.74, 6) is 1.01. The molecule has 0 atom stereocenters. The molecule has 1 heterocycles. The molecule has 1 aromatic carbocycles. The quantitative estimate of drug-likeness (QED) is 0.804. The minimum Gasteiger partial charge on any atom is -0.496 e. The van der Waals surface area contributed by atoms with Gasteiger partial charge >= 0.3 is 0 Å². The van der Waals surface area contributed by atoms with Crippen LogP contribution in [0.15, 0.2) is 17.0 Å². The first-order valence-corrected chi connectivity index (χ1v) is 10.5. The number of piperazine rings is 1. The summed E-state index contributed by atoms with van der Waals surface area (Å²) in [6, 6.07) is 3.45. The number of rotatable bonds is 4. The highest BCUT2D eigenvalue weighted by molar-refractivity contribution is 7.89. The minimum absolute atomic E-state index is 0.153. The van der Waals surface area contributed by atoms with E-state index in [1.54, 1.807) is 30.5 Å². The molecular weight excluding hydrogens is 352 g/mol. The van der Waals surface area contributed by atoms with Gasteiger partial charge in [-0.1, -0.05) is 0 Å². The van der Waals surface area contributed by atoms with Crippen LogP contribution in [-0.4, -0.2) is 55.8 Å². The summed E-state index contributed by atoms with van der Waals surface area (Å²) < 4.78 is 33.6. The van der Waals surface area contributed by atoms with E-state index in [4.69, 9.17) is 4.74 Å². The Labute approximate surface area is 156 Å². The van der Waals surface area contributed by atoms with Crippen LogP contribution in [0, 0.1) is 19.8 Å². The molecule has 144 valence electrons. The lowest BCUT2D eigenvalue weighted by Gasteiger charge is -2.46. The highest BCUT2D eigenvalue weighted by Gasteiger charge is 2.45. The molecule has 0 radical (unpaired) electrons. The zero-order valence-corrected chi connectivity index (χ0v) is 17.0. The van der Waals surface area contributed by atoms with Gasteiger partial charge in [0.15, 0.2) is 0 Å². The van der Waals surface area contributed by atoms with Crippen LogP contribution in [0.5, 0.6) is 5.75 Å². The van der Waals surface area contributed by atoms with Crippen molar-refractivity contribution in [3.63, 3.8) is 0 Å². The van der Waals surface area contributed by atoms with E-state index in [1.807, 2.05) is 25.7 Å². The first-order valence-electron chi connectivity index (χ1n) is 9.05. The molecule has 7 heteroatoms. The Morgan fingerprint density at radius 3 is 2.35 bits per heavy atom. The molecule has 0 unspecified atom stereocenters. The van der Waals surface area contributed by atoms with Crippen LogP contribution in [0.2, 0.25) is 0 Å². The van der Waals surface area contributed by atoms with Gasteiger partial charge in [0.05, 0.1) is 12.0 Å². The van der Waals surface area contributed by atoms with Crippen LogP contribution in [-0.2, 0) is 14.8 Å². The third-order valence-corrected chi connectivity index (χ3v) is 7.58. The number of hydrogen-bond donors (Lipinski definition) is 0. The van der Waals surface area contributed by atoms with Gasteiger partial charge in [-0.15, -0.1) is 0 Å². The minimum atomic E-state index is -3.66. The normalized spacial score (nSPS) is 20.9. The van der Waals surface area contributed by atoms with Crippen molar-refractivity contribution in [3.05, 3.63) is 23.3 Å². The van der Waals surface area contributed by atoms with Gasteiger partial charge in [-0.3, -0.25) is 4.79 Å². The summed E-state index contributed by atoms with van der Waals surface area (Å²) in [4.78, 5) is 14.5. The molecule has 1 saturated heterocycles. The van der Waals surface area contributed by atoms with Crippen LogP contribution in [0.25, 0.3) is 0 Å². The van der Waals surface area contributed by atoms with Gasteiger partial charge in [-0.05, 0) is 63.8 Å². The third-order valence-electron chi connectivity index (χ3n) is 5.32. The van der Waals surface area contributed by atoms with Crippen molar-refractivity contribution >= 4 is 15.9 Å². The fourth-order valence-corrected chi connectivity index (χ4v) is 5.80. The van der Waals surface area contributed by atoms with Gasteiger partial charge in [0.1, 0.15) is 5.75 Å². The second kappa shape index (κ2) is 6.53. The highest BCUT2D eigenvalue weighted by Crippen LogP contribution is 2.36. The van der Waals surface area contributed by atoms with Gasteiger partial charge < -0.3 is 9.64 Å². The lowest BCUT2D eigenvalue weighted by atomic mass is 10.0. The van der Waals surface area contributed by atoms with Crippen molar-refractivity contribution < 1.29 is 17.9 Å². The number of aryl methyl sites for hydroxylation is 2. The predicted molar refractivity (Wildman–Crippen MR) is 99.7 cm³/mol. The van der Waals surface area contributed by atoms with Crippen molar-refractivity contribution in [3.8, 4) is 5.75 Å². The lowest BCUT2D eigenvalue weighted by molar-refractivity contribution is -0.136. The highest BCUT2D eigenvalue weighted by atomic mass is 32.2. The Balaban J connectivity index is 1.90. The molecule has 0 N–H and O–H groups in total. The van der Waals surface area contributed by atoms with E-state index in [0.717, 1.165) is 18.4 Å². The molecule has 0 spiro atoms. The van der Waals surface area contributed by atoms with Crippen LogP contribution in [0.4, 0.5) is 0 Å². The number of hydrogen-bond acceptors (Lipinski definition) is 4. The van der Waals surface area contributed by atoms with Crippen molar-refractivity contribution in [1.29, 1.82) is 0 Å². The molecule has 2 aliphatic rings. The summed E-state index contributed by atoms with van der Waals surface area (Å²) in [6.07, 6.45) is 1.92. The number of carbonyl (C=O) groups is 1. The molecular formula is C19H28N2O4S. The number of nitrogens with zero attached hydrogens (tertiary/aromatic N) is 2. The second-order valence-corrected chi connectivity index (χ2v) is 9.84. The van der Waals surface area contributed by atoms with Crippen LogP contribution >= 0.6 is 0 Å². The van der Waals surface area contributed by atoms with Crippen molar-refractivity contribution in [1.82, 2.24) is 9.21 Å². The Bertz CT molecular complexity index is 828. The molecule has 1 aromatic rings. The number of carbonyl (C=O) groups excluding carboxylic acids is 1. The molecule has 1 aliphatic heterocycles. The van der Waals surface area contributed by atoms with Crippen molar-refractivity contribution in [2.45, 2.75) is 51.0 Å². The third kappa shape index (κ3) is 3.34. The molecule has 1 aliphatic carbocycles. The van der Waals surface area contributed by atoms with Crippen LogP contribution in [0.1, 0.15) is 37.8 Å². The topological polar surface area (TPSA) is 66.9 Å². The maximum atomic E-state index is 13.4. The van der Waals surface area contributed by atoms with Gasteiger partial charge in [-0.25, -0.2) is 8.42 Å². The standard InChI is InChI=1S/C19H28N2O4S/c1-13-11-17(14(2)10-16(13)25-5)26(23,24)21-9-8-20(12-19(21,3)4)18(22)15-6-7-15/h10-11,15H,6-9,12H2,1-5H3.